The predicted octanol–water partition coefficient (Wildman–Crippen LogP) is 2.18. The quantitative estimate of drug-likeness (QED) is 0.686. The second kappa shape index (κ2) is 4.90. The van der Waals surface area contributed by atoms with Gasteiger partial charge in [-0.25, -0.2) is 9.78 Å². The molecule has 0 aliphatic heterocycles. The lowest BCUT2D eigenvalue weighted by atomic mass is 10.0. The zero-order valence-electron chi connectivity index (χ0n) is 11.3. The van der Waals surface area contributed by atoms with E-state index in [4.69, 9.17) is 5.11 Å². The molecule has 21 heavy (non-hydrogen) atoms. The number of pyridine rings is 2. The molecular weight excluding hydrogens is 270 g/mol. The smallest absolute Gasteiger partial charge is 0.341 e. The van der Waals surface area contributed by atoms with E-state index in [0.717, 1.165) is 22.2 Å². The third-order valence-corrected chi connectivity index (χ3v) is 3.42. The van der Waals surface area contributed by atoms with E-state index in [-0.39, 0.29) is 5.56 Å². The van der Waals surface area contributed by atoms with Crippen molar-refractivity contribution >= 4 is 17.0 Å². The van der Waals surface area contributed by atoms with E-state index in [0.29, 0.717) is 12.1 Å². The summed E-state index contributed by atoms with van der Waals surface area (Å²) >= 11 is 0. The van der Waals surface area contributed by atoms with Gasteiger partial charge in [0.15, 0.2) is 0 Å². The van der Waals surface area contributed by atoms with Crippen LogP contribution in [0.2, 0.25) is 0 Å². The lowest BCUT2D eigenvalue weighted by Gasteiger charge is -2.09. The Balaban J connectivity index is 2.23. The van der Waals surface area contributed by atoms with Crippen LogP contribution in [0.25, 0.3) is 22.3 Å². The molecule has 106 valence electrons. The fourth-order valence-corrected chi connectivity index (χ4v) is 2.34. The summed E-state index contributed by atoms with van der Waals surface area (Å²) in [5.41, 5.74) is 2.05. The maximum absolute atomic E-state index is 11.9. The standard InChI is InChI=1S/C15H13N3O3/c1-2-8-6-11(15(20)21)14(19)18-12(8)10-5-9-3-4-16-13(9)17-7-10/h3-7H,2H2,1H3,(H,16,17)(H,18,19)(H,20,21). The highest BCUT2D eigenvalue weighted by atomic mass is 16.4. The maximum Gasteiger partial charge on any atom is 0.341 e. The summed E-state index contributed by atoms with van der Waals surface area (Å²) in [5.74, 6) is -1.23. The lowest BCUT2D eigenvalue weighted by molar-refractivity contribution is 0.0695. The number of aromatic amines is 2. The Morgan fingerprint density at radius 1 is 1.38 bits per heavy atom. The molecule has 0 fully saturated rings. The molecule has 0 amide bonds. The number of carboxylic acids is 1. The van der Waals surface area contributed by atoms with Crippen LogP contribution in [-0.4, -0.2) is 26.0 Å². The average Bonchev–Trinajstić information content (AvgIpc) is 2.93. The highest BCUT2D eigenvalue weighted by Crippen LogP contribution is 2.23. The van der Waals surface area contributed by atoms with Gasteiger partial charge in [-0.2, -0.15) is 0 Å². The van der Waals surface area contributed by atoms with E-state index < -0.39 is 11.5 Å². The molecule has 0 bridgehead atoms. The van der Waals surface area contributed by atoms with Crippen molar-refractivity contribution in [1.82, 2.24) is 15.0 Å². The molecule has 6 heteroatoms. The van der Waals surface area contributed by atoms with E-state index in [2.05, 4.69) is 15.0 Å². The fraction of sp³-hybridized carbons (Fsp3) is 0.133. The van der Waals surface area contributed by atoms with Crippen molar-refractivity contribution in [2.45, 2.75) is 13.3 Å². The van der Waals surface area contributed by atoms with Gasteiger partial charge in [0.2, 0.25) is 0 Å². The van der Waals surface area contributed by atoms with Gasteiger partial charge < -0.3 is 15.1 Å². The van der Waals surface area contributed by atoms with Gasteiger partial charge in [-0.3, -0.25) is 4.79 Å². The summed E-state index contributed by atoms with van der Waals surface area (Å²) in [6.45, 7) is 1.91. The van der Waals surface area contributed by atoms with Crippen LogP contribution in [0, 0.1) is 0 Å². The number of rotatable bonds is 3. The van der Waals surface area contributed by atoms with Gasteiger partial charge in [0.1, 0.15) is 11.2 Å². The number of nitrogens with one attached hydrogen (secondary N) is 2. The van der Waals surface area contributed by atoms with Crippen molar-refractivity contribution in [2.24, 2.45) is 0 Å². The van der Waals surface area contributed by atoms with E-state index in [9.17, 15) is 9.59 Å². The summed E-state index contributed by atoms with van der Waals surface area (Å²) in [5, 5.41) is 9.95. The van der Waals surface area contributed by atoms with Crippen molar-refractivity contribution < 1.29 is 9.90 Å². The minimum Gasteiger partial charge on any atom is -0.477 e. The first-order chi connectivity index (χ1) is 10.1. The minimum atomic E-state index is -1.23. The second-order valence-corrected chi connectivity index (χ2v) is 4.71. The van der Waals surface area contributed by atoms with Crippen molar-refractivity contribution in [2.75, 3.05) is 0 Å². The molecule has 0 aliphatic rings. The molecule has 0 saturated heterocycles. The molecule has 0 radical (unpaired) electrons. The SMILES string of the molecule is CCc1cc(C(=O)O)c(=O)[nH]c1-c1cnc2[nH]ccc2c1. The summed E-state index contributed by atoms with van der Waals surface area (Å²) in [4.78, 5) is 32.9. The number of aromatic carboxylic acids is 1. The Bertz CT molecular complexity index is 893. The largest absolute Gasteiger partial charge is 0.477 e. The van der Waals surface area contributed by atoms with Crippen LogP contribution in [0.4, 0.5) is 0 Å². The van der Waals surface area contributed by atoms with Crippen LogP contribution < -0.4 is 5.56 Å². The van der Waals surface area contributed by atoms with Gasteiger partial charge in [-0.1, -0.05) is 6.92 Å². The van der Waals surface area contributed by atoms with Gasteiger partial charge >= 0.3 is 5.97 Å². The molecule has 0 aromatic carbocycles. The molecule has 3 N–H and O–H groups in total. The van der Waals surface area contributed by atoms with Crippen molar-refractivity contribution in [3.05, 3.63) is 52.1 Å². The van der Waals surface area contributed by atoms with Gasteiger partial charge in [0.05, 0.1) is 5.69 Å². The summed E-state index contributed by atoms with van der Waals surface area (Å²) in [7, 11) is 0. The van der Waals surface area contributed by atoms with Crippen molar-refractivity contribution in [3.63, 3.8) is 0 Å². The monoisotopic (exact) mass is 283 g/mol. The highest BCUT2D eigenvalue weighted by molar-refractivity contribution is 5.88. The number of fused-ring (bicyclic) bond motifs is 1. The molecule has 3 rings (SSSR count). The van der Waals surface area contributed by atoms with Gasteiger partial charge in [-0.15, -0.1) is 0 Å². The molecule has 0 saturated carbocycles. The Morgan fingerprint density at radius 2 is 2.19 bits per heavy atom. The number of hydrogen-bond donors (Lipinski definition) is 3. The fourth-order valence-electron chi connectivity index (χ4n) is 2.34. The molecule has 0 atom stereocenters. The topological polar surface area (TPSA) is 98.8 Å². The highest BCUT2D eigenvalue weighted by Gasteiger charge is 2.14. The number of H-pyrrole nitrogens is 2. The Labute approximate surface area is 119 Å². The predicted molar refractivity (Wildman–Crippen MR) is 78.5 cm³/mol. The zero-order chi connectivity index (χ0) is 15.0. The molecular formula is C15H13N3O3. The average molecular weight is 283 g/mol. The van der Waals surface area contributed by atoms with Crippen LogP contribution in [0.3, 0.4) is 0 Å². The molecule has 3 aromatic heterocycles. The molecule has 3 heterocycles. The van der Waals surface area contributed by atoms with Crippen LogP contribution in [0.5, 0.6) is 0 Å². The Hall–Kier alpha value is -2.89. The summed E-state index contributed by atoms with van der Waals surface area (Å²) in [6, 6.07) is 5.22. The van der Waals surface area contributed by atoms with Crippen LogP contribution in [0.1, 0.15) is 22.8 Å². The molecule has 6 nitrogen and oxygen atoms in total. The van der Waals surface area contributed by atoms with E-state index in [1.54, 1.807) is 12.4 Å². The number of carbonyl (C=O) groups is 1. The number of nitrogens with zero attached hydrogens (tertiary/aromatic N) is 1. The van der Waals surface area contributed by atoms with Crippen LogP contribution in [-0.2, 0) is 6.42 Å². The number of aryl methyl sites for hydroxylation is 1. The Kier molecular flexibility index (Phi) is 3.06. The molecule has 0 spiro atoms. The van der Waals surface area contributed by atoms with Gasteiger partial charge in [0, 0.05) is 23.3 Å². The van der Waals surface area contributed by atoms with E-state index >= 15 is 0 Å². The van der Waals surface area contributed by atoms with E-state index in [1.165, 1.54) is 6.07 Å². The van der Waals surface area contributed by atoms with Crippen molar-refractivity contribution in [3.8, 4) is 11.3 Å². The second-order valence-electron chi connectivity index (χ2n) is 4.71. The summed E-state index contributed by atoms with van der Waals surface area (Å²) in [6.07, 6.45) is 4.06. The van der Waals surface area contributed by atoms with E-state index in [1.807, 2.05) is 19.1 Å². The normalized spacial score (nSPS) is 10.9. The zero-order valence-corrected chi connectivity index (χ0v) is 11.3. The molecule has 0 unspecified atom stereocenters. The van der Waals surface area contributed by atoms with Crippen LogP contribution in [0.15, 0.2) is 35.4 Å². The third-order valence-electron chi connectivity index (χ3n) is 3.42. The number of aromatic nitrogens is 3. The van der Waals surface area contributed by atoms with Crippen molar-refractivity contribution in [1.29, 1.82) is 0 Å². The number of carboxylic acid groups (broad SMARTS) is 1. The number of hydrogen-bond acceptors (Lipinski definition) is 3. The summed E-state index contributed by atoms with van der Waals surface area (Å²) < 4.78 is 0. The van der Waals surface area contributed by atoms with Gasteiger partial charge in [0.25, 0.3) is 5.56 Å². The van der Waals surface area contributed by atoms with Gasteiger partial charge in [-0.05, 0) is 30.2 Å². The third kappa shape index (κ3) is 2.20. The Morgan fingerprint density at radius 3 is 2.90 bits per heavy atom. The first-order valence-corrected chi connectivity index (χ1v) is 6.53. The molecule has 3 aromatic rings. The first kappa shape index (κ1) is 13.1. The maximum atomic E-state index is 11.9. The minimum absolute atomic E-state index is 0.244. The molecule has 0 aliphatic carbocycles. The first-order valence-electron chi connectivity index (χ1n) is 6.53. The lowest BCUT2D eigenvalue weighted by Crippen LogP contribution is -2.19. The van der Waals surface area contributed by atoms with Crippen LogP contribution >= 0.6 is 0 Å².